The molecule has 0 saturated heterocycles. The quantitative estimate of drug-likeness (QED) is 0.820. The summed E-state index contributed by atoms with van der Waals surface area (Å²) in [6.07, 6.45) is 2.87. The van der Waals surface area contributed by atoms with Crippen molar-refractivity contribution in [3.05, 3.63) is 47.2 Å². The second kappa shape index (κ2) is 6.55. The monoisotopic (exact) mass is 332 g/mol. The lowest BCUT2D eigenvalue weighted by Crippen LogP contribution is -2.37. The minimum absolute atomic E-state index is 0.112. The Morgan fingerprint density at radius 1 is 1.25 bits per heavy atom. The zero-order valence-electron chi connectivity index (χ0n) is 14.3. The first-order valence-electron chi connectivity index (χ1n) is 8.34. The molecule has 2 aromatic rings. The van der Waals surface area contributed by atoms with E-state index in [-0.39, 0.29) is 22.6 Å². The first kappa shape index (κ1) is 17.0. The van der Waals surface area contributed by atoms with Crippen molar-refractivity contribution in [3.63, 3.8) is 0 Å². The molecular formula is C19H22F2N2O. The number of ether oxygens (including phenoxy) is 1. The zero-order chi connectivity index (χ0) is 17.3. The van der Waals surface area contributed by atoms with Crippen LogP contribution in [0, 0.1) is 11.6 Å². The number of rotatable bonds is 4. The fraction of sp³-hybridized carbons (Fsp3) is 0.474. The Balaban J connectivity index is 2.15. The predicted octanol–water partition coefficient (Wildman–Crippen LogP) is 4.61. The number of fused-ring (bicyclic) bond motifs is 1. The molecule has 24 heavy (non-hydrogen) atoms. The number of hydrogen-bond donors (Lipinski definition) is 0. The van der Waals surface area contributed by atoms with Crippen molar-refractivity contribution in [2.45, 2.75) is 44.4 Å². The summed E-state index contributed by atoms with van der Waals surface area (Å²) in [5, 5.41) is 8.57. The standard InChI is InChI=1S/C19H22F2N2O/c1-4-19(11-24-3)9-8-12(2)13-10-16(22-23-18(13)19)17-14(20)6-5-7-15(17)21/h5-7,10,12H,4,8-9,11H2,1-3H3/t12-,19+/m0/s1. The fourth-order valence-electron chi connectivity index (χ4n) is 3.69. The van der Waals surface area contributed by atoms with Crippen molar-refractivity contribution < 1.29 is 13.5 Å². The van der Waals surface area contributed by atoms with E-state index in [9.17, 15) is 8.78 Å². The van der Waals surface area contributed by atoms with Crippen molar-refractivity contribution in [3.8, 4) is 11.3 Å². The van der Waals surface area contributed by atoms with Gasteiger partial charge in [0.1, 0.15) is 11.6 Å². The second-order valence-electron chi connectivity index (χ2n) is 6.64. The highest BCUT2D eigenvalue weighted by Gasteiger charge is 2.39. The summed E-state index contributed by atoms with van der Waals surface area (Å²) in [6.45, 7) is 4.81. The van der Waals surface area contributed by atoms with E-state index in [4.69, 9.17) is 4.74 Å². The van der Waals surface area contributed by atoms with Gasteiger partial charge in [0, 0.05) is 12.5 Å². The molecule has 128 valence electrons. The number of methoxy groups -OCH3 is 1. The Labute approximate surface area is 141 Å². The van der Waals surface area contributed by atoms with E-state index < -0.39 is 11.6 Å². The maximum absolute atomic E-state index is 14.1. The number of nitrogens with zero attached hydrogens (tertiary/aromatic N) is 2. The molecule has 2 atom stereocenters. The van der Waals surface area contributed by atoms with Crippen LogP contribution in [0.15, 0.2) is 24.3 Å². The molecule has 5 heteroatoms. The molecule has 1 aromatic heterocycles. The van der Waals surface area contributed by atoms with Crippen LogP contribution < -0.4 is 0 Å². The van der Waals surface area contributed by atoms with Crippen LogP contribution in [0.3, 0.4) is 0 Å². The van der Waals surface area contributed by atoms with Gasteiger partial charge in [0.25, 0.3) is 0 Å². The third-order valence-electron chi connectivity index (χ3n) is 5.23. The van der Waals surface area contributed by atoms with E-state index in [0.717, 1.165) is 30.5 Å². The lowest BCUT2D eigenvalue weighted by Gasteiger charge is -2.38. The molecule has 3 nitrogen and oxygen atoms in total. The molecule has 0 aliphatic heterocycles. The van der Waals surface area contributed by atoms with Crippen LogP contribution in [0.2, 0.25) is 0 Å². The van der Waals surface area contributed by atoms with Crippen molar-refractivity contribution in [2.24, 2.45) is 0 Å². The summed E-state index contributed by atoms with van der Waals surface area (Å²) in [5.74, 6) is -0.960. The summed E-state index contributed by atoms with van der Waals surface area (Å²) in [6, 6.07) is 5.63. The molecule has 0 radical (unpaired) electrons. The third-order valence-corrected chi connectivity index (χ3v) is 5.23. The van der Waals surface area contributed by atoms with Gasteiger partial charge in [-0.05, 0) is 48.9 Å². The minimum Gasteiger partial charge on any atom is -0.384 e. The Hall–Kier alpha value is -1.88. The van der Waals surface area contributed by atoms with Crippen LogP contribution >= 0.6 is 0 Å². The second-order valence-corrected chi connectivity index (χ2v) is 6.64. The molecule has 3 rings (SSSR count). The van der Waals surface area contributed by atoms with E-state index in [2.05, 4.69) is 24.0 Å². The molecule has 0 N–H and O–H groups in total. The summed E-state index contributed by atoms with van der Waals surface area (Å²) in [5.41, 5.74) is 1.90. The van der Waals surface area contributed by atoms with Gasteiger partial charge < -0.3 is 4.74 Å². The minimum atomic E-state index is -0.619. The van der Waals surface area contributed by atoms with Gasteiger partial charge in [-0.1, -0.05) is 19.9 Å². The van der Waals surface area contributed by atoms with Crippen molar-refractivity contribution in [2.75, 3.05) is 13.7 Å². The van der Waals surface area contributed by atoms with E-state index in [1.807, 2.05) is 0 Å². The first-order valence-corrected chi connectivity index (χ1v) is 8.34. The molecule has 0 spiro atoms. The van der Waals surface area contributed by atoms with Crippen LogP contribution in [0.25, 0.3) is 11.3 Å². The number of halogens is 2. The average molecular weight is 332 g/mol. The Bertz CT molecular complexity index is 730. The molecule has 0 bridgehead atoms. The van der Waals surface area contributed by atoms with Crippen molar-refractivity contribution in [1.82, 2.24) is 10.2 Å². The summed E-state index contributed by atoms with van der Waals surface area (Å²) >= 11 is 0. The lowest BCUT2D eigenvalue weighted by molar-refractivity contribution is 0.109. The van der Waals surface area contributed by atoms with Gasteiger partial charge in [-0.15, -0.1) is 0 Å². The van der Waals surface area contributed by atoms with E-state index in [0.29, 0.717) is 6.61 Å². The van der Waals surface area contributed by atoms with Crippen molar-refractivity contribution >= 4 is 0 Å². The fourth-order valence-corrected chi connectivity index (χ4v) is 3.69. The Kier molecular flexibility index (Phi) is 4.63. The molecule has 0 amide bonds. The molecular weight excluding hydrogens is 310 g/mol. The normalized spacial score (nSPS) is 23.1. The van der Waals surface area contributed by atoms with Gasteiger partial charge in [0.05, 0.1) is 23.6 Å². The molecule has 1 aromatic carbocycles. The molecule has 1 aliphatic rings. The molecule has 0 fully saturated rings. The Morgan fingerprint density at radius 2 is 1.96 bits per heavy atom. The summed E-state index contributed by atoms with van der Waals surface area (Å²) in [7, 11) is 1.69. The number of benzene rings is 1. The number of hydrogen-bond acceptors (Lipinski definition) is 3. The highest BCUT2D eigenvalue weighted by Crippen LogP contribution is 2.44. The third kappa shape index (κ3) is 2.71. The van der Waals surface area contributed by atoms with Gasteiger partial charge in [-0.2, -0.15) is 10.2 Å². The molecule has 0 saturated carbocycles. The Morgan fingerprint density at radius 3 is 2.58 bits per heavy atom. The van der Waals surface area contributed by atoms with Crippen LogP contribution in [-0.4, -0.2) is 23.9 Å². The van der Waals surface area contributed by atoms with Crippen molar-refractivity contribution in [1.29, 1.82) is 0 Å². The summed E-state index contributed by atoms with van der Waals surface area (Å²) in [4.78, 5) is 0. The SMILES string of the molecule is CC[C@]1(COC)CC[C@H](C)c2cc(-c3c(F)cccc3F)nnc21. The van der Waals surface area contributed by atoms with Gasteiger partial charge >= 0.3 is 0 Å². The van der Waals surface area contributed by atoms with Crippen LogP contribution in [0.4, 0.5) is 8.78 Å². The molecule has 0 unspecified atom stereocenters. The highest BCUT2D eigenvalue weighted by atomic mass is 19.1. The number of aromatic nitrogens is 2. The maximum Gasteiger partial charge on any atom is 0.135 e. The zero-order valence-corrected chi connectivity index (χ0v) is 14.3. The summed E-state index contributed by atoms with van der Waals surface area (Å²) < 4.78 is 33.6. The van der Waals surface area contributed by atoms with E-state index >= 15 is 0 Å². The maximum atomic E-state index is 14.1. The van der Waals surface area contributed by atoms with Gasteiger partial charge in [0.15, 0.2) is 0 Å². The first-order chi connectivity index (χ1) is 11.5. The van der Waals surface area contributed by atoms with Crippen LogP contribution in [-0.2, 0) is 10.2 Å². The smallest absolute Gasteiger partial charge is 0.135 e. The molecule has 1 aliphatic carbocycles. The predicted molar refractivity (Wildman–Crippen MR) is 88.9 cm³/mol. The largest absolute Gasteiger partial charge is 0.384 e. The highest BCUT2D eigenvalue weighted by molar-refractivity contribution is 5.61. The van der Waals surface area contributed by atoms with Gasteiger partial charge in [-0.3, -0.25) is 0 Å². The lowest BCUT2D eigenvalue weighted by atomic mass is 9.68. The van der Waals surface area contributed by atoms with Gasteiger partial charge in [-0.25, -0.2) is 8.78 Å². The van der Waals surface area contributed by atoms with Crippen LogP contribution in [0.5, 0.6) is 0 Å². The van der Waals surface area contributed by atoms with E-state index in [1.165, 1.54) is 18.2 Å². The van der Waals surface area contributed by atoms with E-state index in [1.54, 1.807) is 13.2 Å². The van der Waals surface area contributed by atoms with Crippen LogP contribution in [0.1, 0.15) is 50.3 Å². The average Bonchev–Trinajstić information content (AvgIpc) is 2.58. The molecule has 1 heterocycles. The van der Waals surface area contributed by atoms with Gasteiger partial charge in [0.2, 0.25) is 0 Å². The topological polar surface area (TPSA) is 35.0 Å².